The van der Waals surface area contributed by atoms with Crippen molar-refractivity contribution in [2.45, 2.75) is 5.92 Å². The Balaban J connectivity index is 1.36. The normalized spacial score (nSPS) is 13.1. The molecule has 0 saturated heterocycles. The Labute approximate surface area is 223 Å². The number of aromatic nitrogens is 4. The molecule has 0 fully saturated rings. The van der Waals surface area contributed by atoms with Crippen LogP contribution in [0.4, 0.5) is 8.78 Å². The average molecular weight is 511 g/mol. The predicted molar refractivity (Wildman–Crippen MR) is 148 cm³/mol. The largest absolute Gasteiger partial charge is 0.299 e. The highest BCUT2D eigenvalue weighted by Gasteiger charge is 2.44. The van der Waals surface area contributed by atoms with Gasteiger partial charge in [-0.05, 0) is 34.9 Å². The molecule has 4 aromatic carbocycles. The summed E-state index contributed by atoms with van der Waals surface area (Å²) in [6.45, 7) is 0. The van der Waals surface area contributed by atoms with E-state index in [2.05, 4.69) is 4.98 Å². The van der Waals surface area contributed by atoms with Crippen molar-refractivity contribution in [2.24, 2.45) is 0 Å². The Kier molecular flexibility index (Phi) is 5.33. The highest BCUT2D eigenvalue weighted by Crippen LogP contribution is 2.52. The summed E-state index contributed by atoms with van der Waals surface area (Å²) in [6.07, 6.45) is 3.34. The van der Waals surface area contributed by atoms with Gasteiger partial charge in [-0.3, -0.25) is 4.98 Å². The second-order valence-electron chi connectivity index (χ2n) is 9.38. The van der Waals surface area contributed by atoms with Gasteiger partial charge in [-0.25, -0.2) is 15.0 Å². The van der Waals surface area contributed by atoms with Crippen LogP contribution in [0.3, 0.4) is 0 Å². The number of hydrogen-bond acceptors (Lipinski definition) is 4. The molecule has 0 atom stereocenters. The number of pyridine rings is 1. The van der Waals surface area contributed by atoms with Crippen molar-refractivity contribution >= 4 is 0 Å². The van der Waals surface area contributed by atoms with Crippen LogP contribution in [-0.2, 0) is 5.92 Å². The topological polar surface area (TPSA) is 51.6 Å². The van der Waals surface area contributed by atoms with Crippen molar-refractivity contribution < 1.29 is 8.78 Å². The maximum Gasteiger partial charge on any atom is 0.299 e. The third-order valence-electron chi connectivity index (χ3n) is 6.96. The van der Waals surface area contributed by atoms with Crippen LogP contribution in [0, 0.1) is 0 Å². The summed E-state index contributed by atoms with van der Waals surface area (Å²) in [5.74, 6) is -1.86. The van der Waals surface area contributed by atoms with E-state index in [4.69, 9.17) is 15.0 Å². The van der Waals surface area contributed by atoms with Crippen LogP contribution in [-0.4, -0.2) is 19.9 Å². The Morgan fingerprint density at radius 2 is 0.949 bits per heavy atom. The van der Waals surface area contributed by atoms with Gasteiger partial charge in [-0.1, -0.05) is 91.0 Å². The zero-order chi connectivity index (χ0) is 26.4. The molecule has 0 N–H and O–H groups in total. The summed E-state index contributed by atoms with van der Waals surface area (Å²) in [7, 11) is 0. The van der Waals surface area contributed by atoms with Gasteiger partial charge < -0.3 is 0 Å². The van der Waals surface area contributed by atoms with Gasteiger partial charge in [-0.2, -0.15) is 8.78 Å². The smallest absolute Gasteiger partial charge is 0.264 e. The Bertz CT molecular complexity index is 1760. The molecule has 1 aliphatic rings. The fraction of sp³-hybridized carbons (Fsp3) is 0.0303. The molecular weight excluding hydrogens is 490 g/mol. The first-order chi connectivity index (χ1) is 19.1. The van der Waals surface area contributed by atoms with Gasteiger partial charge in [0.05, 0.1) is 0 Å². The van der Waals surface area contributed by atoms with Crippen LogP contribution in [0.1, 0.15) is 11.1 Å². The summed E-state index contributed by atoms with van der Waals surface area (Å²) in [5, 5.41) is 0. The number of fused-ring (bicyclic) bond motifs is 3. The number of benzene rings is 4. The molecule has 2 heterocycles. The van der Waals surface area contributed by atoms with E-state index >= 15 is 8.78 Å². The molecule has 0 unspecified atom stereocenters. The van der Waals surface area contributed by atoms with Crippen molar-refractivity contribution in [3.05, 3.63) is 133 Å². The van der Waals surface area contributed by atoms with Crippen LogP contribution < -0.4 is 0 Å². The fourth-order valence-corrected chi connectivity index (χ4v) is 5.01. The Morgan fingerprint density at radius 1 is 0.462 bits per heavy atom. The second-order valence-corrected chi connectivity index (χ2v) is 9.38. The van der Waals surface area contributed by atoms with Gasteiger partial charge in [0, 0.05) is 45.8 Å². The molecule has 0 radical (unpaired) electrons. The fourth-order valence-electron chi connectivity index (χ4n) is 5.01. The minimum Gasteiger partial charge on any atom is -0.264 e. The molecule has 6 heteroatoms. The van der Waals surface area contributed by atoms with E-state index < -0.39 is 5.92 Å². The van der Waals surface area contributed by atoms with E-state index in [9.17, 15) is 0 Å². The van der Waals surface area contributed by atoms with Gasteiger partial charge in [0.1, 0.15) is 0 Å². The summed E-state index contributed by atoms with van der Waals surface area (Å²) in [6, 6.07) is 33.1. The third-order valence-corrected chi connectivity index (χ3v) is 6.96. The van der Waals surface area contributed by atoms with E-state index in [-0.39, 0.29) is 11.1 Å². The Hall–Kier alpha value is -5.10. The van der Waals surface area contributed by atoms with Crippen molar-refractivity contribution in [3.63, 3.8) is 0 Å². The number of alkyl halides is 2. The average Bonchev–Trinajstić information content (AvgIpc) is 3.23. The summed E-state index contributed by atoms with van der Waals surface area (Å²) >= 11 is 0. The summed E-state index contributed by atoms with van der Waals surface area (Å²) < 4.78 is 31.9. The van der Waals surface area contributed by atoms with Crippen molar-refractivity contribution in [2.75, 3.05) is 0 Å². The zero-order valence-electron chi connectivity index (χ0n) is 20.6. The molecule has 0 amide bonds. The first-order valence-corrected chi connectivity index (χ1v) is 12.5. The lowest BCUT2D eigenvalue weighted by Crippen LogP contribution is -2.11. The van der Waals surface area contributed by atoms with Gasteiger partial charge in [-0.15, -0.1) is 0 Å². The molecule has 2 aromatic heterocycles. The number of hydrogen-bond donors (Lipinski definition) is 0. The minimum absolute atomic E-state index is 0.0124. The SMILES string of the molecule is FC1(F)c2cc(-c3cccnc3)ccc2-c2ccc(-c3nc(-c4ccccc4)nc(-c4ccccc4)n3)cc21. The molecule has 0 saturated carbocycles. The highest BCUT2D eigenvalue weighted by molar-refractivity contribution is 5.84. The molecule has 186 valence electrons. The van der Waals surface area contributed by atoms with Gasteiger partial charge in [0.15, 0.2) is 17.5 Å². The number of halogens is 2. The van der Waals surface area contributed by atoms with Crippen LogP contribution in [0.25, 0.3) is 56.4 Å². The maximum atomic E-state index is 15.9. The molecule has 6 aromatic rings. The first-order valence-electron chi connectivity index (χ1n) is 12.5. The van der Waals surface area contributed by atoms with Crippen molar-refractivity contribution in [3.8, 4) is 56.4 Å². The lowest BCUT2D eigenvalue weighted by atomic mass is 9.99. The standard InChI is InChI=1S/C33H20F2N4/c34-33(35)28-18-23(25-12-7-17-36-20-25)13-15-26(28)27-16-14-24(19-29(27)33)32-38-30(21-8-3-1-4-9-21)37-31(39-32)22-10-5-2-6-11-22/h1-20H. The van der Waals surface area contributed by atoms with E-state index in [1.165, 1.54) is 6.07 Å². The highest BCUT2D eigenvalue weighted by atomic mass is 19.3. The van der Waals surface area contributed by atoms with Crippen molar-refractivity contribution in [1.29, 1.82) is 0 Å². The second kappa shape index (κ2) is 9.03. The lowest BCUT2D eigenvalue weighted by molar-refractivity contribution is 0.0481. The van der Waals surface area contributed by atoms with Crippen molar-refractivity contribution in [1.82, 2.24) is 19.9 Å². The van der Waals surface area contributed by atoms with Gasteiger partial charge in [0.2, 0.25) is 0 Å². The lowest BCUT2D eigenvalue weighted by Gasteiger charge is -2.14. The van der Waals surface area contributed by atoms with Gasteiger partial charge >= 0.3 is 0 Å². The molecule has 39 heavy (non-hydrogen) atoms. The zero-order valence-corrected chi connectivity index (χ0v) is 20.6. The van der Waals surface area contributed by atoms with Crippen LogP contribution in [0.2, 0.25) is 0 Å². The van der Waals surface area contributed by atoms with Crippen LogP contribution in [0.15, 0.2) is 122 Å². The van der Waals surface area contributed by atoms with E-state index in [1.807, 2.05) is 72.8 Å². The third kappa shape index (κ3) is 3.97. The maximum absolute atomic E-state index is 15.9. The van der Waals surface area contributed by atoms with Gasteiger partial charge in [0.25, 0.3) is 5.92 Å². The van der Waals surface area contributed by atoms with E-state index in [1.54, 1.807) is 42.7 Å². The number of nitrogens with zero attached hydrogens (tertiary/aromatic N) is 4. The Morgan fingerprint density at radius 3 is 1.49 bits per heavy atom. The molecular formula is C33H20F2N4. The number of rotatable bonds is 4. The molecule has 0 aliphatic heterocycles. The van der Waals surface area contributed by atoms with Crippen LogP contribution >= 0.6 is 0 Å². The summed E-state index contributed by atoms with van der Waals surface area (Å²) in [5.41, 5.74) is 4.61. The predicted octanol–water partition coefficient (Wildman–Crippen LogP) is 8.06. The first kappa shape index (κ1) is 23.0. The van der Waals surface area contributed by atoms with E-state index in [0.29, 0.717) is 39.7 Å². The molecule has 1 aliphatic carbocycles. The molecule has 0 spiro atoms. The molecule has 0 bridgehead atoms. The molecule has 4 nitrogen and oxygen atoms in total. The van der Waals surface area contributed by atoms with Crippen LogP contribution in [0.5, 0.6) is 0 Å². The minimum atomic E-state index is -3.17. The van der Waals surface area contributed by atoms with E-state index in [0.717, 1.165) is 16.7 Å². The molecule has 7 rings (SSSR count). The summed E-state index contributed by atoms with van der Waals surface area (Å²) in [4.78, 5) is 18.2. The monoisotopic (exact) mass is 510 g/mol. The quantitative estimate of drug-likeness (QED) is 0.241.